The van der Waals surface area contributed by atoms with Crippen molar-refractivity contribution in [1.82, 2.24) is 25.6 Å². The summed E-state index contributed by atoms with van der Waals surface area (Å²) in [5, 5.41) is 7.26. The van der Waals surface area contributed by atoms with E-state index in [4.69, 9.17) is 14.5 Å². The first kappa shape index (κ1) is 68.3. The van der Waals surface area contributed by atoms with Crippen molar-refractivity contribution in [2.75, 3.05) is 33.9 Å². The number of carbonyl (C=O) groups excluding carboxylic acids is 3. The second-order valence-corrected chi connectivity index (χ2v) is 24.6. The fraction of sp³-hybridized carbons (Fsp3) is 0.562. The second kappa shape index (κ2) is 34.4. The number of likely N-dealkylation sites (N-methyl/N-ethyl adjacent to an activating group) is 1. The summed E-state index contributed by atoms with van der Waals surface area (Å²) in [5.74, 6) is -0.278. The Labute approximate surface area is 505 Å². The predicted octanol–water partition coefficient (Wildman–Crippen LogP) is 16.9. The monoisotopic (exact) mass is 1140 g/mol. The first-order valence-electron chi connectivity index (χ1n) is 32.0. The minimum absolute atomic E-state index is 0. The fourth-order valence-corrected chi connectivity index (χ4v) is 11.9. The van der Waals surface area contributed by atoms with Crippen LogP contribution in [0.1, 0.15) is 209 Å². The van der Waals surface area contributed by atoms with Gasteiger partial charge < -0.3 is 19.6 Å². The van der Waals surface area contributed by atoms with Crippen molar-refractivity contribution in [3.05, 3.63) is 137 Å². The zero-order chi connectivity index (χ0) is 60.6. The lowest BCUT2D eigenvalue weighted by molar-refractivity contribution is -0.143. The van der Waals surface area contributed by atoms with Gasteiger partial charge >= 0.3 is 0 Å². The highest BCUT2D eigenvalue weighted by atomic mass is 16.5. The summed E-state index contributed by atoms with van der Waals surface area (Å²) in [6, 6.07) is 28.8. The average molecular weight is 1140 g/mol. The van der Waals surface area contributed by atoms with E-state index in [1.807, 2.05) is 33.0 Å². The first-order chi connectivity index (χ1) is 39.9. The molecule has 1 aromatic heterocycles. The van der Waals surface area contributed by atoms with Crippen molar-refractivity contribution in [2.24, 2.45) is 11.3 Å². The largest absolute Gasteiger partial charge is 0.376 e. The van der Waals surface area contributed by atoms with Gasteiger partial charge in [-0.05, 0) is 157 Å². The van der Waals surface area contributed by atoms with Crippen LogP contribution in [-0.2, 0) is 49.5 Å². The third kappa shape index (κ3) is 19.5. The Morgan fingerprint density at radius 3 is 2.29 bits per heavy atom. The molecule has 7 rings (SSSR count). The maximum Gasteiger partial charge on any atom is 0.259 e. The standard InChI is InChI=1S/C67H91N5O5.C4H10.C2H6.2H2/c1-12-23-54-39-53-32-31-52(40-57(53)59(41-67(8,9)13-2)62(54)58-37-49(42-68-63(58)47(7)76-11)25-18-15-14-17-24-45(3)4)51-29-21-26-48(36-51)38-60(66(75)72-34-22-30-55(44-73)70-72)69-65(74)64(46(5)6)71(10)43-61-56(33-35-77-61)50-27-19-16-20-28-50;1-3-4-2;1-2;;/h16,19-21,26-29,31-32,36-37,39-40,42,44,46-47,55-56,60-61,64,70H,3,12-15,17-18,22-25,30,33-35,38,41,43H2,1-2,4-11H3,(H,69,74);3-4H2,1-2H3;1-2H3;2*1H/t47-,55-,56+,60-,61-,64-;;;;/m0..../s1. The molecular weight excluding hydrogens is 1030 g/mol. The van der Waals surface area contributed by atoms with Crippen molar-refractivity contribution in [1.29, 1.82) is 0 Å². The van der Waals surface area contributed by atoms with Gasteiger partial charge in [-0.25, -0.2) is 5.43 Å². The van der Waals surface area contributed by atoms with Gasteiger partial charge in [0, 0.05) is 53.8 Å². The summed E-state index contributed by atoms with van der Waals surface area (Å²) < 4.78 is 12.4. The summed E-state index contributed by atoms with van der Waals surface area (Å²) in [6.07, 6.45) is 18.5. The van der Waals surface area contributed by atoms with Crippen LogP contribution in [-0.4, -0.2) is 91.1 Å². The number of aldehydes is 1. The molecule has 4 aromatic carbocycles. The number of ether oxygens (including phenoxy) is 2. The van der Waals surface area contributed by atoms with Crippen molar-refractivity contribution in [2.45, 2.75) is 222 Å². The molecule has 2 saturated heterocycles. The molecule has 10 nitrogen and oxygen atoms in total. The highest BCUT2D eigenvalue weighted by Gasteiger charge is 2.37. The van der Waals surface area contributed by atoms with Crippen molar-refractivity contribution >= 4 is 28.9 Å². The molecule has 0 spiro atoms. The Morgan fingerprint density at radius 1 is 0.904 bits per heavy atom. The van der Waals surface area contributed by atoms with Gasteiger partial charge in [-0.1, -0.05) is 186 Å². The van der Waals surface area contributed by atoms with E-state index in [1.165, 1.54) is 81.8 Å². The van der Waals surface area contributed by atoms with Gasteiger partial charge in [0.2, 0.25) is 5.91 Å². The summed E-state index contributed by atoms with van der Waals surface area (Å²) in [6.45, 7) is 31.8. The number of unbranched alkanes of at least 4 members (excludes halogenated alkanes) is 4. The molecule has 2 N–H and O–H groups in total. The van der Waals surface area contributed by atoms with Gasteiger partial charge in [-0.2, -0.15) is 0 Å². The lowest BCUT2D eigenvalue weighted by atomic mass is 9.77. The number of fused-ring (bicyclic) bond motifs is 1. The molecule has 2 fully saturated rings. The normalized spacial score (nSPS) is 17.3. The number of nitrogens with one attached hydrogen (secondary N) is 2. The third-order valence-electron chi connectivity index (χ3n) is 17.0. The van der Waals surface area contributed by atoms with E-state index < -0.39 is 18.1 Å². The molecule has 0 saturated carbocycles. The van der Waals surface area contributed by atoms with E-state index in [2.05, 4.69) is 170 Å². The first-order valence-corrected chi connectivity index (χ1v) is 32.0. The number of allylic oxidation sites excluding steroid dienone is 1. The second-order valence-electron chi connectivity index (χ2n) is 24.6. The Balaban J connectivity index is 0.00000227. The molecule has 0 aliphatic carbocycles. The van der Waals surface area contributed by atoms with Crippen molar-refractivity contribution in [3.63, 3.8) is 0 Å². The van der Waals surface area contributed by atoms with Crippen LogP contribution in [0.5, 0.6) is 0 Å². The topological polar surface area (TPSA) is 113 Å². The average Bonchev–Trinajstić information content (AvgIpc) is 2.27. The number of nitrogens with zero attached hydrogens (tertiary/aromatic N) is 3. The Kier molecular flexibility index (Phi) is 28.3. The lowest BCUT2D eigenvalue weighted by Gasteiger charge is -2.36. The van der Waals surface area contributed by atoms with Crippen LogP contribution in [0, 0.1) is 11.3 Å². The van der Waals surface area contributed by atoms with Crippen LogP contribution >= 0.6 is 0 Å². The smallest absolute Gasteiger partial charge is 0.259 e. The summed E-state index contributed by atoms with van der Waals surface area (Å²) in [4.78, 5) is 48.8. The molecule has 2 aliphatic rings. The van der Waals surface area contributed by atoms with Crippen molar-refractivity contribution < 1.29 is 26.7 Å². The minimum Gasteiger partial charge on any atom is -0.376 e. The summed E-state index contributed by atoms with van der Waals surface area (Å²) in [5.41, 5.74) is 16.1. The van der Waals surface area contributed by atoms with E-state index >= 15 is 0 Å². The Hall–Kier alpha value is -5.52. The molecule has 0 unspecified atom stereocenters. The number of benzene rings is 4. The van der Waals surface area contributed by atoms with E-state index in [9.17, 15) is 14.4 Å². The zero-order valence-electron chi connectivity index (χ0n) is 53.8. The number of aromatic nitrogens is 1. The molecule has 83 heavy (non-hydrogen) atoms. The number of hydrogen-bond acceptors (Lipinski definition) is 8. The number of pyridine rings is 1. The van der Waals surface area contributed by atoms with Gasteiger partial charge in [0.05, 0.1) is 30.0 Å². The number of methoxy groups -OCH3 is 1. The SMILES string of the molecule is C=C(C)CCCCCCc1cnc([C@H](C)OC)c(-c2c(CCC)cc3ccc(-c4cccc(C[C@H](NC(=O)[C@H](C(C)C)N(C)C[C@@H]5OCC[C@@H]5c5ccccc5)C(=O)N5CCC[C@@H](C=O)N5)c4)cc3c2CC(C)(C)CC)c1.CC.CCCC.[HH].[HH]. The molecule has 2 amide bonds. The van der Waals surface area contributed by atoms with Crippen LogP contribution in [0.15, 0.2) is 103 Å². The van der Waals surface area contributed by atoms with Crippen LogP contribution < -0.4 is 10.7 Å². The van der Waals surface area contributed by atoms with Gasteiger partial charge in [-0.15, -0.1) is 6.58 Å². The molecule has 0 radical (unpaired) electrons. The van der Waals surface area contributed by atoms with Crippen LogP contribution in [0.4, 0.5) is 0 Å². The number of carbonyl (C=O) groups is 3. The van der Waals surface area contributed by atoms with Gasteiger partial charge in [-0.3, -0.25) is 24.5 Å². The number of hydrazine groups is 1. The van der Waals surface area contributed by atoms with Gasteiger partial charge in [0.1, 0.15) is 12.3 Å². The lowest BCUT2D eigenvalue weighted by Crippen LogP contribution is -2.61. The molecule has 6 atom stereocenters. The molecule has 2 aliphatic heterocycles. The zero-order valence-corrected chi connectivity index (χ0v) is 53.8. The Morgan fingerprint density at radius 2 is 1.63 bits per heavy atom. The number of aryl methyl sites for hydroxylation is 2. The fourth-order valence-electron chi connectivity index (χ4n) is 11.9. The quantitative estimate of drug-likeness (QED) is 0.0289. The summed E-state index contributed by atoms with van der Waals surface area (Å²) in [7, 11) is 3.77. The van der Waals surface area contributed by atoms with Crippen LogP contribution in [0.25, 0.3) is 33.0 Å². The number of amides is 2. The third-order valence-corrected chi connectivity index (χ3v) is 17.0. The maximum absolute atomic E-state index is 14.8. The minimum atomic E-state index is -0.890. The van der Waals surface area contributed by atoms with E-state index in [-0.39, 0.29) is 50.5 Å². The van der Waals surface area contributed by atoms with Crippen LogP contribution in [0.3, 0.4) is 0 Å². The maximum atomic E-state index is 14.8. The van der Waals surface area contributed by atoms with Crippen molar-refractivity contribution in [3.8, 4) is 22.3 Å². The van der Waals surface area contributed by atoms with Gasteiger partial charge in [0.15, 0.2) is 0 Å². The number of rotatable bonds is 28. The molecule has 3 heterocycles. The number of hydrogen-bond donors (Lipinski definition) is 2. The summed E-state index contributed by atoms with van der Waals surface area (Å²) >= 11 is 0. The van der Waals surface area contributed by atoms with E-state index in [1.54, 1.807) is 12.1 Å². The van der Waals surface area contributed by atoms with Gasteiger partial charge in [0.25, 0.3) is 5.91 Å². The molecule has 10 heteroatoms. The highest BCUT2D eigenvalue weighted by Crippen LogP contribution is 2.43. The molecular formula is C73H111N5O5. The highest BCUT2D eigenvalue weighted by molar-refractivity contribution is 5.97. The predicted molar refractivity (Wildman–Crippen MR) is 352 cm³/mol. The van der Waals surface area contributed by atoms with Crippen LogP contribution in [0.2, 0.25) is 0 Å². The van der Waals surface area contributed by atoms with E-state index in [0.29, 0.717) is 32.5 Å². The van der Waals surface area contributed by atoms with E-state index in [0.717, 1.165) is 80.0 Å². The molecule has 0 bridgehead atoms. The molecule has 5 aromatic rings. The molecule has 458 valence electrons. The Bertz CT molecular complexity index is 2820.